The topological polar surface area (TPSA) is 52.6 Å². The van der Waals surface area contributed by atoms with Gasteiger partial charge in [0.05, 0.1) is 18.4 Å². The summed E-state index contributed by atoms with van der Waals surface area (Å²) in [4.78, 5) is 24.6. The van der Waals surface area contributed by atoms with Crippen molar-refractivity contribution in [2.24, 2.45) is 16.7 Å². The number of benzene rings is 1. The van der Waals surface area contributed by atoms with Crippen LogP contribution in [0, 0.1) is 16.7 Å². The molecule has 1 aliphatic rings. The van der Waals surface area contributed by atoms with Crippen LogP contribution in [0.4, 0.5) is 0 Å². The molecule has 4 heteroatoms. The van der Waals surface area contributed by atoms with Gasteiger partial charge in [-0.3, -0.25) is 9.59 Å². The minimum absolute atomic E-state index is 0.253. The average molecular weight is 290 g/mol. The fraction of sp³-hybridized carbons (Fsp3) is 0.529. The molecule has 1 aromatic carbocycles. The quantitative estimate of drug-likeness (QED) is 0.633. The lowest BCUT2D eigenvalue weighted by Gasteiger charge is -2.38. The Balaban J connectivity index is 2.22. The van der Waals surface area contributed by atoms with Gasteiger partial charge in [-0.05, 0) is 37.3 Å². The fourth-order valence-corrected chi connectivity index (χ4v) is 3.13. The predicted octanol–water partition coefficient (Wildman–Crippen LogP) is 3.21. The summed E-state index contributed by atoms with van der Waals surface area (Å²) < 4.78 is 10.4. The first kappa shape index (κ1) is 15.5. The van der Waals surface area contributed by atoms with Crippen molar-refractivity contribution in [2.75, 3.05) is 7.11 Å². The third-order valence-corrected chi connectivity index (χ3v) is 5.12. The third kappa shape index (κ3) is 2.55. The molecule has 1 fully saturated rings. The molecule has 0 aliphatic heterocycles. The summed E-state index contributed by atoms with van der Waals surface area (Å²) in [6.07, 6.45) is 1.26. The lowest BCUT2D eigenvalue weighted by Crippen LogP contribution is -2.44. The number of hydrogen-bond acceptors (Lipinski definition) is 4. The number of rotatable bonds is 3. The van der Waals surface area contributed by atoms with E-state index >= 15 is 0 Å². The zero-order valence-corrected chi connectivity index (χ0v) is 13.0. The van der Waals surface area contributed by atoms with Gasteiger partial charge in [0, 0.05) is 0 Å². The van der Waals surface area contributed by atoms with E-state index in [2.05, 4.69) is 0 Å². The molecule has 21 heavy (non-hydrogen) atoms. The summed E-state index contributed by atoms with van der Waals surface area (Å²) in [6, 6.07) is 9.01. The van der Waals surface area contributed by atoms with Crippen LogP contribution in [0.5, 0.6) is 5.75 Å². The van der Waals surface area contributed by atoms with Crippen LogP contribution < -0.4 is 4.74 Å². The summed E-state index contributed by atoms with van der Waals surface area (Å²) in [5.41, 5.74) is -1.21. The normalized spacial score (nSPS) is 27.1. The second-order valence-electron chi connectivity index (χ2n) is 6.37. The van der Waals surface area contributed by atoms with Gasteiger partial charge >= 0.3 is 11.9 Å². The molecule has 0 spiro atoms. The smallest absolute Gasteiger partial charge is 0.317 e. The monoisotopic (exact) mass is 290 g/mol. The van der Waals surface area contributed by atoms with Crippen molar-refractivity contribution in [2.45, 2.75) is 33.6 Å². The third-order valence-electron chi connectivity index (χ3n) is 5.12. The van der Waals surface area contributed by atoms with Gasteiger partial charge in [-0.1, -0.05) is 32.0 Å². The maximum Gasteiger partial charge on any atom is 0.317 e. The Kier molecular flexibility index (Phi) is 4.08. The molecule has 4 nitrogen and oxygen atoms in total. The molecule has 2 atom stereocenters. The van der Waals surface area contributed by atoms with Gasteiger partial charge in [0.2, 0.25) is 0 Å². The van der Waals surface area contributed by atoms with Gasteiger partial charge in [0.15, 0.2) is 0 Å². The lowest BCUT2D eigenvalue weighted by molar-refractivity contribution is -0.157. The van der Waals surface area contributed by atoms with E-state index in [9.17, 15) is 9.59 Å². The number of carbonyl (C=O) groups is 2. The largest absolute Gasteiger partial charge is 0.469 e. The molecule has 2 rings (SSSR count). The highest BCUT2D eigenvalue weighted by molar-refractivity contribution is 5.83. The fourth-order valence-electron chi connectivity index (χ4n) is 3.13. The summed E-state index contributed by atoms with van der Waals surface area (Å²) >= 11 is 0. The minimum Gasteiger partial charge on any atom is -0.469 e. The Morgan fingerprint density at radius 1 is 1.14 bits per heavy atom. The van der Waals surface area contributed by atoms with Crippen LogP contribution in [0.1, 0.15) is 33.6 Å². The molecule has 2 unspecified atom stereocenters. The molecule has 1 aromatic rings. The standard InChI is InChI=1S/C17H22O4/c1-16(2)13(14(18)20-4)10-11-17(16,3)15(19)21-12-8-6-5-7-9-12/h5-9,13H,10-11H2,1-4H3. The molecular formula is C17H22O4. The number of esters is 2. The van der Waals surface area contributed by atoms with Crippen LogP contribution in [-0.4, -0.2) is 19.0 Å². The van der Waals surface area contributed by atoms with Crippen molar-refractivity contribution in [1.29, 1.82) is 0 Å². The Morgan fingerprint density at radius 3 is 2.33 bits per heavy atom. The van der Waals surface area contributed by atoms with Crippen molar-refractivity contribution < 1.29 is 19.1 Å². The number of para-hydroxylation sites is 1. The van der Waals surface area contributed by atoms with Gasteiger partial charge in [-0.2, -0.15) is 0 Å². The summed E-state index contributed by atoms with van der Waals surface area (Å²) in [6.45, 7) is 5.75. The van der Waals surface area contributed by atoms with E-state index in [0.717, 1.165) is 0 Å². The first-order chi connectivity index (χ1) is 9.83. The molecule has 0 amide bonds. The molecular weight excluding hydrogens is 268 g/mol. The number of carbonyl (C=O) groups excluding carboxylic acids is 2. The van der Waals surface area contributed by atoms with Gasteiger partial charge in [0.25, 0.3) is 0 Å². The highest BCUT2D eigenvalue weighted by atomic mass is 16.5. The second-order valence-corrected chi connectivity index (χ2v) is 6.37. The molecule has 114 valence electrons. The summed E-state index contributed by atoms with van der Waals surface area (Å²) in [7, 11) is 1.39. The zero-order valence-electron chi connectivity index (χ0n) is 13.0. The Bertz CT molecular complexity index is 535. The molecule has 1 saturated carbocycles. The van der Waals surface area contributed by atoms with Crippen LogP contribution in [0.3, 0.4) is 0 Å². The maximum atomic E-state index is 12.6. The highest BCUT2D eigenvalue weighted by Crippen LogP contribution is 2.56. The Labute approximate surface area is 125 Å². The maximum absolute atomic E-state index is 12.6. The van der Waals surface area contributed by atoms with Crippen LogP contribution in [0.2, 0.25) is 0 Å². The molecule has 0 radical (unpaired) electrons. The van der Waals surface area contributed by atoms with E-state index in [1.807, 2.05) is 39.0 Å². The van der Waals surface area contributed by atoms with Crippen molar-refractivity contribution in [3.63, 3.8) is 0 Å². The van der Waals surface area contributed by atoms with Crippen molar-refractivity contribution in [3.8, 4) is 5.75 Å². The van der Waals surface area contributed by atoms with Gasteiger partial charge in [-0.25, -0.2) is 0 Å². The molecule has 0 heterocycles. The van der Waals surface area contributed by atoms with E-state index in [0.29, 0.717) is 18.6 Å². The van der Waals surface area contributed by atoms with Crippen molar-refractivity contribution in [1.82, 2.24) is 0 Å². The highest BCUT2D eigenvalue weighted by Gasteiger charge is 2.59. The molecule has 0 aromatic heterocycles. The summed E-state index contributed by atoms with van der Waals surface area (Å²) in [5.74, 6) is -0.293. The molecule has 0 bridgehead atoms. The van der Waals surface area contributed by atoms with Gasteiger partial charge < -0.3 is 9.47 Å². The molecule has 0 N–H and O–H groups in total. The Hall–Kier alpha value is -1.84. The number of methoxy groups -OCH3 is 1. The van der Waals surface area contributed by atoms with E-state index in [1.54, 1.807) is 12.1 Å². The lowest BCUT2D eigenvalue weighted by atomic mass is 9.65. The summed E-state index contributed by atoms with van der Waals surface area (Å²) in [5, 5.41) is 0. The molecule has 0 saturated heterocycles. The zero-order chi connectivity index (χ0) is 15.7. The first-order valence-electron chi connectivity index (χ1n) is 7.18. The van der Waals surface area contributed by atoms with Crippen molar-refractivity contribution in [3.05, 3.63) is 30.3 Å². The van der Waals surface area contributed by atoms with Gasteiger partial charge in [0.1, 0.15) is 5.75 Å². The number of hydrogen-bond donors (Lipinski definition) is 0. The van der Waals surface area contributed by atoms with E-state index in [1.165, 1.54) is 7.11 Å². The van der Waals surface area contributed by atoms with Crippen molar-refractivity contribution >= 4 is 11.9 Å². The SMILES string of the molecule is COC(=O)C1CCC(C)(C(=O)Oc2ccccc2)C1(C)C. The number of ether oxygens (including phenoxy) is 2. The minimum atomic E-state index is -0.707. The predicted molar refractivity (Wildman–Crippen MR) is 78.7 cm³/mol. The van der Waals surface area contributed by atoms with Crippen LogP contribution >= 0.6 is 0 Å². The van der Waals surface area contributed by atoms with Crippen LogP contribution in [-0.2, 0) is 14.3 Å². The molecule has 1 aliphatic carbocycles. The Morgan fingerprint density at radius 2 is 1.76 bits per heavy atom. The van der Waals surface area contributed by atoms with E-state index in [4.69, 9.17) is 9.47 Å². The first-order valence-corrected chi connectivity index (χ1v) is 7.18. The van der Waals surface area contributed by atoms with E-state index in [-0.39, 0.29) is 17.9 Å². The van der Waals surface area contributed by atoms with E-state index < -0.39 is 10.8 Å². The average Bonchev–Trinajstić information content (AvgIpc) is 2.71. The van der Waals surface area contributed by atoms with Crippen LogP contribution in [0.25, 0.3) is 0 Å². The second kappa shape index (κ2) is 5.51. The van der Waals surface area contributed by atoms with Gasteiger partial charge in [-0.15, -0.1) is 0 Å². The van der Waals surface area contributed by atoms with Crippen LogP contribution in [0.15, 0.2) is 30.3 Å².